The second-order valence-corrected chi connectivity index (χ2v) is 5.10. The van der Waals surface area contributed by atoms with Crippen LogP contribution < -0.4 is 10.6 Å². The van der Waals surface area contributed by atoms with Crippen LogP contribution in [0.1, 0.15) is 34.9 Å². The van der Waals surface area contributed by atoms with Gasteiger partial charge < -0.3 is 10.6 Å². The molecule has 1 aliphatic carbocycles. The molecule has 0 radical (unpaired) electrons. The standard InChI is InChI=1S/C13H16N2/c1-2-15-13-5-12-10-3-9(6-14-7-10)11(12)4-8(1)13/h4-5,9-10,14-15H,1-3,6-7H2. The van der Waals surface area contributed by atoms with Crippen molar-refractivity contribution >= 4 is 5.69 Å². The van der Waals surface area contributed by atoms with E-state index in [-0.39, 0.29) is 0 Å². The third-order valence-corrected chi connectivity index (χ3v) is 4.25. The van der Waals surface area contributed by atoms with Gasteiger partial charge in [0.25, 0.3) is 0 Å². The summed E-state index contributed by atoms with van der Waals surface area (Å²) < 4.78 is 0. The number of piperidine rings is 1. The summed E-state index contributed by atoms with van der Waals surface area (Å²) >= 11 is 0. The number of anilines is 1. The van der Waals surface area contributed by atoms with Gasteiger partial charge in [-0.1, -0.05) is 6.07 Å². The largest absolute Gasteiger partial charge is 0.384 e. The van der Waals surface area contributed by atoms with E-state index in [4.69, 9.17) is 0 Å². The Morgan fingerprint density at radius 2 is 1.87 bits per heavy atom. The molecule has 3 aliphatic rings. The monoisotopic (exact) mass is 200 g/mol. The van der Waals surface area contributed by atoms with Crippen LogP contribution >= 0.6 is 0 Å². The second kappa shape index (κ2) is 2.76. The molecule has 2 aliphatic heterocycles. The van der Waals surface area contributed by atoms with E-state index in [0.717, 1.165) is 18.4 Å². The van der Waals surface area contributed by atoms with Crippen molar-refractivity contribution in [2.24, 2.45) is 0 Å². The molecule has 15 heavy (non-hydrogen) atoms. The van der Waals surface area contributed by atoms with Crippen molar-refractivity contribution in [2.45, 2.75) is 24.7 Å². The number of nitrogens with one attached hydrogen (secondary N) is 2. The molecule has 0 aromatic heterocycles. The van der Waals surface area contributed by atoms with Crippen LogP contribution in [0.15, 0.2) is 12.1 Å². The van der Waals surface area contributed by atoms with Crippen molar-refractivity contribution in [3.8, 4) is 0 Å². The minimum atomic E-state index is 0.784. The third kappa shape index (κ3) is 1.03. The fourth-order valence-corrected chi connectivity index (χ4v) is 3.51. The molecule has 78 valence electrons. The molecule has 0 amide bonds. The normalized spacial score (nSPS) is 30.9. The van der Waals surface area contributed by atoms with E-state index in [2.05, 4.69) is 22.8 Å². The summed E-state index contributed by atoms with van der Waals surface area (Å²) in [5, 5.41) is 7.04. The van der Waals surface area contributed by atoms with Crippen LogP contribution in [0.25, 0.3) is 0 Å². The number of rotatable bonds is 0. The molecule has 2 bridgehead atoms. The predicted octanol–water partition coefficient (Wildman–Crippen LogP) is 1.83. The minimum Gasteiger partial charge on any atom is -0.384 e. The van der Waals surface area contributed by atoms with Crippen LogP contribution in [-0.4, -0.2) is 19.6 Å². The van der Waals surface area contributed by atoms with Crippen LogP contribution in [0.3, 0.4) is 0 Å². The third-order valence-electron chi connectivity index (χ3n) is 4.25. The molecular formula is C13H16N2. The highest BCUT2D eigenvalue weighted by atomic mass is 14.9. The molecule has 4 rings (SSSR count). The number of hydrogen-bond acceptors (Lipinski definition) is 2. The lowest BCUT2D eigenvalue weighted by molar-refractivity contribution is 0.453. The summed E-state index contributed by atoms with van der Waals surface area (Å²) in [6, 6.07) is 4.90. The van der Waals surface area contributed by atoms with Crippen molar-refractivity contribution in [1.82, 2.24) is 5.32 Å². The number of fused-ring (bicyclic) bond motifs is 6. The van der Waals surface area contributed by atoms with Gasteiger partial charge in [0.05, 0.1) is 0 Å². The molecule has 2 heteroatoms. The van der Waals surface area contributed by atoms with Crippen LogP contribution in [-0.2, 0) is 6.42 Å². The van der Waals surface area contributed by atoms with Gasteiger partial charge in [0.15, 0.2) is 0 Å². The van der Waals surface area contributed by atoms with Crippen LogP contribution in [0.2, 0.25) is 0 Å². The van der Waals surface area contributed by atoms with Gasteiger partial charge in [-0.25, -0.2) is 0 Å². The summed E-state index contributed by atoms with van der Waals surface area (Å²) in [5.74, 6) is 1.58. The Morgan fingerprint density at radius 1 is 1.07 bits per heavy atom. The van der Waals surface area contributed by atoms with Gasteiger partial charge in [-0.05, 0) is 47.4 Å². The first-order valence-corrected chi connectivity index (χ1v) is 6.03. The van der Waals surface area contributed by atoms with Gasteiger partial charge in [0.1, 0.15) is 0 Å². The lowest BCUT2D eigenvalue weighted by Crippen LogP contribution is -2.28. The zero-order valence-electron chi connectivity index (χ0n) is 8.84. The fourth-order valence-electron chi connectivity index (χ4n) is 3.51. The Balaban J connectivity index is 1.91. The molecule has 2 unspecified atom stereocenters. The number of hydrogen-bond donors (Lipinski definition) is 2. The van der Waals surface area contributed by atoms with E-state index in [0.29, 0.717) is 0 Å². The summed E-state index contributed by atoms with van der Waals surface area (Å²) in [6.07, 6.45) is 2.60. The molecule has 2 heterocycles. The van der Waals surface area contributed by atoms with E-state index in [1.165, 1.54) is 31.6 Å². The highest BCUT2D eigenvalue weighted by Crippen LogP contribution is 2.46. The first-order chi connectivity index (χ1) is 7.42. The Kier molecular flexibility index (Phi) is 1.50. The Morgan fingerprint density at radius 3 is 2.73 bits per heavy atom. The van der Waals surface area contributed by atoms with Crippen molar-refractivity contribution < 1.29 is 0 Å². The molecule has 1 aromatic carbocycles. The van der Waals surface area contributed by atoms with E-state index in [9.17, 15) is 0 Å². The molecule has 1 saturated heterocycles. The van der Waals surface area contributed by atoms with Crippen LogP contribution in [0, 0.1) is 0 Å². The van der Waals surface area contributed by atoms with E-state index < -0.39 is 0 Å². The van der Waals surface area contributed by atoms with Gasteiger partial charge in [-0.15, -0.1) is 0 Å². The molecule has 2 atom stereocenters. The topological polar surface area (TPSA) is 24.1 Å². The van der Waals surface area contributed by atoms with Gasteiger partial charge in [0.2, 0.25) is 0 Å². The van der Waals surface area contributed by atoms with Gasteiger partial charge in [-0.2, -0.15) is 0 Å². The molecule has 1 fully saturated rings. The zero-order valence-corrected chi connectivity index (χ0v) is 8.84. The van der Waals surface area contributed by atoms with Crippen molar-refractivity contribution in [1.29, 1.82) is 0 Å². The Bertz CT molecular complexity index is 388. The zero-order chi connectivity index (χ0) is 9.83. The summed E-state index contributed by atoms with van der Waals surface area (Å²) in [4.78, 5) is 0. The van der Waals surface area contributed by atoms with Crippen molar-refractivity contribution in [3.05, 3.63) is 28.8 Å². The quantitative estimate of drug-likeness (QED) is 0.667. The molecule has 2 N–H and O–H groups in total. The van der Waals surface area contributed by atoms with Gasteiger partial charge in [-0.3, -0.25) is 0 Å². The minimum absolute atomic E-state index is 0.784. The Hall–Kier alpha value is -1.02. The summed E-state index contributed by atoms with van der Waals surface area (Å²) in [7, 11) is 0. The summed E-state index contributed by atoms with van der Waals surface area (Å²) in [6.45, 7) is 3.50. The first-order valence-electron chi connectivity index (χ1n) is 6.03. The van der Waals surface area contributed by atoms with E-state index in [1.807, 2.05) is 0 Å². The van der Waals surface area contributed by atoms with Gasteiger partial charge in [0, 0.05) is 25.3 Å². The molecule has 2 nitrogen and oxygen atoms in total. The lowest BCUT2D eigenvalue weighted by Gasteiger charge is -2.19. The maximum Gasteiger partial charge on any atom is 0.0376 e. The smallest absolute Gasteiger partial charge is 0.0376 e. The average Bonchev–Trinajstić information content (AvgIpc) is 2.82. The maximum atomic E-state index is 3.55. The van der Waals surface area contributed by atoms with E-state index in [1.54, 1.807) is 16.7 Å². The van der Waals surface area contributed by atoms with Crippen LogP contribution in [0.4, 0.5) is 5.69 Å². The lowest BCUT2D eigenvalue weighted by atomic mass is 9.97. The molecule has 0 saturated carbocycles. The van der Waals surface area contributed by atoms with Crippen LogP contribution in [0.5, 0.6) is 0 Å². The second-order valence-electron chi connectivity index (χ2n) is 5.10. The maximum absolute atomic E-state index is 3.55. The average molecular weight is 200 g/mol. The highest BCUT2D eigenvalue weighted by Gasteiger charge is 2.35. The predicted molar refractivity (Wildman–Crippen MR) is 61.6 cm³/mol. The first kappa shape index (κ1) is 8.17. The van der Waals surface area contributed by atoms with Gasteiger partial charge >= 0.3 is 0 Å². The highest BCUT2D eigenvalue weighted by molar-refractivity contribution is 5.61. The van der Waals surface area contributed by atoms with E-state index >= 15 is 0 Å². The molecule has 0 spiro atoms. The summed E-state index contributed by atoms with van der Waals surface area (Å²) in [5.41, 5.74) is 6.22. The number of benzene rings is 1. The molecule has 1 aromatic rings. The Labute approximate surface area is 90.1 Å². The van der Waals surface area contributed by atoms with Crippen molar-refractivity contribution in [3.63, 3.8) is 0 Å². The SMILES string of the molecule is c1c2c(cc3c1C1CNCC3C1)NCC2. The molecular weight excluding hydrogens is 184 g/mol. The van der Waals surface area contributed by atoms with Crippen molar-refractivity contribution in [2.75, 3.05) is 25.0 Å². The fraction of sp³-hybridized carbons (Fsp3) is 0.538.